The van der Waals surface area contributed by atoms with Crippen LogP contribution in [0.2, 0.25) is 5.02 Å². The van der Waals surface area contributed by atoms with Crippen molar-refractivity contribution in [2.24, 2.45) is 0 Å². The third kappa shape index (κ3) is 5.45. The summed E-state index contributed by atoms with van der Waals surface area (Å²) in [6.45, 7) is 9.41. The van der Waals surface area contributed by atoms with Gasteiger partial charge in [-0.15, -0.1) is 0 Å². The van der Waals surface area contributed by atoms with Crippen LogP contribution in [0.1, 0.15) is 25.2 Å². The van der Waals surface area contributed by atoms with Gasteiger partial charge in [-0.05, 0) is 69.7 Å². The van der Waals surface area contributed by atoms with Crippen LogP contribution in [0.25, 0.3) is 0 Å². The molecule has 0 aliphatic rings. The van der Waals surface area contributed by atoms with E-state index in [0.29, 0.717) is 27.9 Å². The van der Waals surface area contributed by atoms with Crippen LogP contribution >= 0.6 is 11.6 Å². The topological polar surface area (TPSA) is 87.2 Å². The predicted molar refractivity (Wildman–Crippen MR) is 127 cm³/mol. The summed E-state index contributed by atoms with van der Waals surface area (Å²) in [7, 11) is -3.75. The molecule has 3 aromatic rings. The maximum absolute atomic E-state index is 12.7. The summed E-state index contributed by atoms with van der Waals surface area (Å²) in [6, 6.07) is 13.7. The van der Waals surface area contributed by atoms with Gasteiger partial charge < -0.3 is 10.2 Å². The minimum absolute atomic E-state index is 0.155. The minimum atomic E-state index is -3.75. The van der Waals surface area contributed by atoms with E-state index in [1.165, 1.54) is 6.07 Å². The van der Waals surface area contributed by atoms with Gasteiger partial charge in [-0.25, -0.2) is 18.4 Å². The fraction of sp³-hybridized carbons (Fsp3) is 0.273. The van der Waals surface area contributed by atoms with Gasteiger partial charge in [0.1, 0.15) is 17.5 Å². The molecule has 0 unspecified atom stereocenters. The third-order valence-electron chi connectivity index (χ3n) is 4.83. The van der Waals surface area contributed by atoms with Crippen molar-refractivity contribution in [2.45, 2.75) is 32.6 Å². The molecule has 164 valence electrons. The lowest BCUT2D eigenvalue weighted by Gasteiger charge is -2.20. The van der Waals surface area contributed by atoms with E-state index in [0.717, 1.165) is 24.6 Å². The molecule has 0 aliphatic heterocycles. The molecular weight excluding hydrogens is 434 g/mol. The lowest BCUT2D eigenvalue weighted by Crippen LogP contribution is -2.23. The highest BCUT2D eigenvalue weighted by molar-refractivity contribution is 7.92. The molecular formula is C22H26ClN5O2S. The van der Waals surface area contributed by atoms with Crippen molar-refractivity contribution < 1.29 is 8.42 Å². The number of rotatable bonds is 8. The number of benzene rings is 2. The molecule has 9 heteroatoms. The number of hydrogen-bond acceptors (Lipinski definition) is 6. The van der Waals surface area contributed by atoms with Gasteiger partial charge in [0.2, 0.25) is 0 Å². The Morgan fingerprint density at radius 2 is 1.61 bits per heavy atom. The molecule has 0 atom stereocenters. The Morgan fingerprint density at radius 1 is 0.968 bits per heavy atom. The molecule has 1 heterocycles. The molecule has 2 aromatic carbocycles. The SMILES string of the molecule is CCN(CC)c1cc(Nc2ccc(NS(=O)(=O)c3cccc(Cl)c3C)cc2)nc(C)n1. The molecule has 3 rings (SSSR count). The van der Waals surface area contributed by atoms with Gasteiger partial charge in [0.15, 0.2) is 0 Å². The van der Waals surface area contributed by atoms with Crippen molar-refractivity contribution in [3.8, 4) is 0 Å². The first kappa shape index (κ1) is 22.8. The van der Waals surface area contributed by atoms with Crippen molar-refractivity contribution in [1.29, 1.82) is 0 Å². The molecule has 7 nitrogen and oxygen atoms in total. The maximum Gasteiger partial charge on any atom is 0.262 e. The van der Waals surface area contributed by atoms with E-state index in [2.05, 4.69) is 38.8 Å². The minimum Gasteiger partial charge on any atom is -0.357 e. The van der Waals surface area contributed by atoms with E-state index in [1.807, 2.05) is 13.0 Å². The highest BCUT2D eigenvalue weighted by Crippen LogP contribution is 2.26. The summed E-state index contributed by atoms with van der Waals surface area (Å²) >= 11 is 6.07. The van der Waals surface area contributed by atoms with Crippen LogP contribution in [0.5, 0.6) is 0 Å². The van der Waals surface area contributed by atoms with E-state index < -0.39 is 10.0 Å². The normalized spacial score (nSPS) is 11.3. The molecule has 31 heavy (non-hydrogen) atoms. The Balaban J connectivity index is 1.77. The van der Waals surface area contributed by atoms with E-state index in [9.17, 15) is 8.42 Å². The molecule has 0 aliphatic carbocycles. The first-order chi connectivity index (χ1) is 14.7. The second-order valence-corrected chi connectivity index (χ2v) is 9.06. The van der Waals surface area contributed by atoms with Gasteiger partial charge in [0.25, 0.3) is 10.0 Å². The summed E-state index contributed by atoms with van der Waals surface area (Å²) in [4.78, 5) is 11.3. The van der Waals surface area contributed by atoms with Crippen molar-refractivity contribution in [3.63, 3.8) is 0 Å². The molecule has 2 N–H and O–H groups in total. The number of nitrogens with zero attached hydrogens (tertiary/aromatic N) is 3. The number of anilines is 4. The van der Waals surface area contributed by atoms with Crippen LogP contribution in [0, 0.1) is 13.8 Å². The average Bonchev–Trinajstić information content (AvgIpc) is 2.72. The Hall–Kier alpha value is -2.84. The fourth-order valence-electron chi connectivity index (χ4n) is 3.18. The largest absolute Gasteiger partial charge is 0.357 e. The molecule has 0 bridgehead atoms. The summed E-state index contributed by atoms with van der Waals surface area (Å²) in [5, 5.41) is 3.66. The van der Waals surface area contributed by atoms with Gasteiger partial charge in [-0.2, -0.15) is 0 Å². The Labute approximate surface area is 188 Å². The van der Waals surface area contributed by atoms with E-state index >= 15 is 0 Å². The number of nitrogens with one attached hydrogen (secondary N) is 2. The Morgan fingerprint density at radius 3 is 2.26 bits per heavy atom. The smallest absolute Gasteiger partial charge is 0.262 e. The number of sulfonamides is 1. The van der Waals surface area contributed by atoms with Gasteiger partial charge in [-0.1, -0.05) is 17.7 Å². The second kappa shape index (κ2) is 9.53. The summed E-state index contributed by atoms with van der Waals surface area (Å²) < 4.78 is 28.1. The zero-order valence-electron chi connectivity index (χ0n) is 18.0. The molecule has 0 spiro atoms. The molecule has 1 aromatic heterocycles. The standard InChI is InChI=1S/C22H26ClN5O2S/c1-5-28(6-2)22-14-21(24-16(4)25-22)26-17-10-12-18(13-11-17)27-31(29,30)20-9-7-8-19(23)15(20)3/h7-14,27H,5-6H2,1-4H3,(H,24,25,26). The van der Waals surface area contributed by atoms with Crippen LogP contribution in [0.15, 0.2) is 53.4 Å². The molecule has 0 saturated carbocycles. The molecule has 0 saturated heterocycles. The lowest BCUT2D eigenvalue weighted by molar-refractivity contribution is 0.600. The van der Waals surface area contributed by atoms with Crippen LogP contribution < -0.4 is 14.9 Å². The van der Waals surface area contributed by atoms with Crippen molar-refractivity contribution in [3.05, 3.63) is 64.9 Å². The number of halogens is 1. The molecule has 0 fully saturated rings. The summed E-state index contributed by atoms with van der Waals surface area (Å²) in [6.07, 6.45) is 0. The van der Waals surface area contributed by atoms with Gasteiger partial charge >= 0.3 is 0 Å². The first-order valence-corrected chi connectivity index (χ1v) is 11.8. The number of aryl methyl sites for hydroxylation is 1. The van der Waals surface area contributed by atoms with Crippen LogP contribution in [-0.2, 0) is 10.0 Å². The number of hydrogen-bond donors (Lipinski definition) is 2. The molecule has 0 amide bonds. The van der Waals surface area contributed by atoms with Crippen LogP contribution in [0.4, 0.5) is 23.0 Å². The monoisotopic (exact) mass is 459 g/mol. The zero-order valence-corrected chi connectivity index (χ0v) is 19.5. The van der Waals surface area contributed by atoms with Crippen molar-refractivity contribution in [2.75, 3.05) is 28.0 Å². The fourth-order valence-corrected chi connectivity index (χ4v) is 4.74. The summed E-state index contributed by atoms with van der Waals surface area (Å²) in [5.41, 5.74) is 1.75. The summed E-state index contributed by atoms with van der Waals surface area (Å²) in [5.74, 6) is 2.21. The zero-order chi connectivity index (χ0) is 22.6. The van der Waals surface area contributed by atoms with Crippen LogP contribution in [-0.4, -0.2) is 31.5 Å². The van der Waals surface area contributed by atoms with Gasteiger partial charge in [0.05, 0.1) is 4.90 Å². The van der Waals surface area contributed by atoms with E-state index in [-0.39, 0.29) is 4.90 Å². The Kier molecular flexibility index (Phi) is 7.02. The Bertz CT molecular complexity index is 1160. The third-order valence-corrected chi connectivity index (χ3v) is 6.76. The lowest BCUT2D eigenvalue weighted by atomic mass is 10.2. The average molecular weight is 460 g/mol. The highest BCUT2D eigenvalue weighted by Gasteiger charge is 2.18. The van der Waals surface area contributed by atoms with Gasteiger partial charge in [-0.3, -0.25) is 4.72 Å². The predicted octanol–water partition coefficient (Wildman–Crippen LogP) is 5.14. The maximum atomic E-state index is 12.7. The van der Waals surface area contributed by atoms with E-state index in [4.69, 9.17) is 11.6 Å². The first-order valence-electron chi connectivity index (χ1n) is 9.99. The van der Waals surface area contributed by atoms with E-state index in [1.54, 1.807) is 43.3 Å². The van der Waals surface area contributed by atoms with Gasteiger partial charge in [0, 0.05) is 35.6 Å². The van der Waals surface area contributed by atoms with Crippen molar-refractivity contribution in [1.82, 2.24) is 9.97 Å². The highest BCUT2D eigenvalue weighted by atomic mass is 35.5. The van der Waals surface area contributed by atoms with Crippen LogP contribution in [0.3, 0.4) is 0 Å². The molecule has 0 radical (unpaired) electrons. The van der Waals surface area contributed by atoms with Crippen molar-refractivity contribution >= 4 is 44.6 Å². The number of aromatic nitrogens is 2. The second-order valence-electron chi connectivity index (χ2n) is 7.00. The quantitative estimate of drug-likeness (QED) is 0.485.